The molecule has 1 amide bonds. The third-order valence-electron chi connectivity index (χ3n) is 5.47. The molecule has 0 saturated carbocycles. The SMILES string of the molecule is CN=C(NCCCC(=O)N1CCc2ccccc2C1)NCc1ccc(OC)c(OC)c1. The van der Waals surface area contributed by atoms with Gasteiger partial charge in [0.05, 0.1) is 14.2 Å². The third-order valence-corrected chi connectivity index (χ3v) is 5.47. The maximum absolute atomic E-state index is 12.6. The number of carbonyl (C=O) groups excluding carboxylic acids is 1. The molecule has 2 aromatic carbocycles. The van der Waals surface area contributed by atoms with Crippen molar-refractivity contribution in [2.45, 2.75) is 32.4 Å². The quantitative estimate of drug-likeness (QED) is 0.387. The molecule has 0 saturated heterocycles. The Morgan fingerprint density at radius 1 is 1.06 bits per heavy atom. The molecule has 2 N–H and O–H groups in total. The number of hydrogen-bond acceptors (Lipinski definition) is 4. The molecule has 1 aliphatic heterocycles. The fraction of sp³-hybridized carbons (Fsp3) is 0.417. The van der Waals surface area contributed by atoms with E-state index in [1.165, 1.54) is 11.1 Å². The Kier molecular flexibility index (Phi) is 8.15. The summed E-state index contributed by atoms with van der Waals surface area (Å²) in [6.07, 6.45) is 2.22. The molecule has 0 fully saturated rings. The number of amides is 1. The van der Waals surface area contributed by atoms with Crippen LogP contribution in [0.1, 0.15) is 29.5 Å². The monoisotopic (exact) mass is 424 g/mol. The first-order chi connectivity index (χ1) is 15.1. The van der Waals surface area contributed by atoms with Gasteiger partial charge in [-0.25, -0.2) is 0 Å². The molecule has 3 rings (SSSR count). The van der Waals surface area contributed by atoms with Gasteiger partial charge in [-0.1, -0.05) is 30.3 Å². The topological polar surface area (TPSA) is 75.2 Å². The van der Waals surface area contributed by atoms with Gasteiger partial charge < -0.3 is 25.0 Å². The van der Waals surface area contributed by atoms with E-state index in [4.69, 9.17) is 9.47 Å². The Morgan fingerprint density at radius 2 is 1.84 bits per heavy atom. The summed E-state index contributed by atoms with van der Waals surface area (Å²) in [5, 5.41) is 6.56. The van der Waals surface area contributed by atoms with E-state index < -0.39 is 0 Å². The van der Waals surface area contributed by atoms with Crippen molar-refractivity contribution < 1.29 is 14.3 Å². The van der Waals surface area contributed by atoms with E-state index in [0.29, 0.717) is 37.0 Å². The Labute approximate surface area is 184 Å². The molecule has 0 radical (unpaired) electrons. The number of carbonyl (C=O) groups is 1. The molecule has 0 aliphatic carbocycles. The lowest BCUT2D eigenvalue weighted by Crippen LogP contribution is -2.38. The minimum atomic E-state index is 0.213. The molecule has 7 heteroatoms. The maximum Gasteiger partial charge on any atom is 0.222 e. The predicted molar refractivity (Wildman–Crippen MR) is 123 cm³/mol. The zero-order chi connectivity index (χ0) is 22.1. The number of fused-ring (bicyclic) bond motifs is 1. The minimum Gasteiger partial charge on any atom is -0.493 e. The Morgan fingerprint density at radius 3 is 2.58 bits per heavy atom. The zero-order valence-corrected chi connectivity index (χ0v) is 18.6. The van der Waals surface area contributed by atoms with Gasteiger partial charge in [0, 0.05) is 39.6 Å². The van der Waals surface area contributed by atoms with Gasteiger partial charge in [-0.15, -0.1) is 0 Å². The van der Waals surface area contributed by atoms with Crippen LogP contribution in [0.2, 0.25) is 0 Å². The summed E-state index contributed by atoms with van der Waals surface area (Å²) in [6.45, 7) is 2.81. The van der Waals surface area contributed by atoms with Gasteiger partial charge in [0.1, 0.15) is 0 Å². The van der Waals surface area contributed by atoms with Gasteiger partial charge in [0.25, 0.3) is 0 Å². The molecular weight excluding hydrogens is 392 g/mol. The molecule has 1 heterocycles. The number of ether oxygens (including phenoxy) is 2. The van der Waals surface area contributed by atoms with Crippen LogP contribution in [0.4, 0.5) is 0 Å². The second-order valence-corrected chi connectivity index (χ2v) is 7.48. The number of rotatable bonds is 8. The lowest BCUT2D eigenvalue weighted by Gasteiger charge is -2.29. The Balaban J connectivity index is 1.39. The Hall–Kier alpha value is -3.22. The van der Waals surface area contributed by atoms with Crippen molar-refractivity contribution in [3.05, 3.63) is 59.2 Å². The summed E-state index contributed by atoms with van der Waals surface area (Å²) in [5.41, 5.74) is 3.68. The predicted octanol–water partition coefficient (Wildman–Crippen LogP) is 2.73. The first kappa shape index (κ1) is 22.5. The lowest BCUT2D eigenvalue weighted by molar-refractivity contribution is -0.132. The molecule has 0 atom stereocenters. The number of nitrogens with one attached hydrogen (secondary N) is 2. The molecule has 1 aliphatic rings. The normalized spacial score (nSPS) is 13.4. The van der Waals surface area contributed by atoms with E-state index in [-0.39, 0.29) is 5.91 Å². The standard InChI is InChI=1S/C24H32N4O3/c1-25-24(27-16-18-10-11-21(30-2)22(15-18)31-3)26-13-6-9-23(29)28-14-12-19-7-4-5-8-20(19)17-28/h4-5,7-8,10-11,15H,6,9,12-14,16-17H2,1-3H3,(H2,25,26,27). The van der Waals surface area contributed by atoms with Crippen molar-refractivity contribution in [1.82, 2.24) is 15.5 Å². The van der Waals surface area contributed by atoms with Gasteiger partial charge in [-0.3, -0.25) is 9.79 Å². The largest absolute Gasteiger partial charge is 0.493 e. The fourth-order valence-electron chi connectivity index (χ4n) is 3.71. The van der Waals surface area contributed by atoms with Crippen molar-refractivity contribution in [1.29, 1.82) is 0 Å². The summed E-state index contributed by atoms with van der Waals surface area (Å²) >= 11 is 0. The van der Waals surface area contributed by atoms with E-state index in [1.54, 1.807) is 21.3 Å². The second kappa shape index (κ2) is 11.2. The van der Waals surface area contributed by atoms with E-state index in [1.807, 2.05) is 29.2 Å². The summed E-state index contributed by atoms with van der Waals surface area (Å²) < 4.78 is 10.6. The fourth-order valence-corrected chi connectivity index (χ4v) is 3.71. The number of nitrogens with zero attached hydrogens (tertiary/aromatic N) is 2. The van der Waals surface area contributed by atoms with Crippen LogP contribution in [0, 0.1) is 0 Å². The van der Waals surface area contributed by atoms with Crippen LogP contribution in [0.25, 0.3) is 0 Å². The smallest absolute Gasteiger partial charge is 0.222 e. The molecule has 0 spiro atoms. The van der Waals surface area contributed by atoms with E-state index >= 15 is 0 Å². The van der Waals surface area contributed by atoms with Crippen LogP contribution in [-0.2, 0) is 24.3 Å². The highest BCUT2D eigenvalue weighted by molar-refractivity contribution is 5.80. The summed E-state index contributed by atoms with van der Waals surface area (Å²) in [4.78, 5) is 18.8. The summed E-state index contributed by atoms with van der Waals surface area (Å²) in [5.74, 6) is 2.32. The van der Waals surface area contributed by atoms with Crippen LogP contribution in [0.15, 0.2) is 47.5 Å². The van der Waals surface area contributed by atoms with E-state index in [9.17, 15) is 4.79 Å². The molecule has 0 bridgehead atoms. The lowest BCUT2D eigenvalue weighted by atomic mass is 9.99. The van der Waals surface area contributed by atoms with Crippen LogP contribution < -0.4 is 20.1 Å². The highest BCUT2D eigenvalue weighted by Gasteiger charge is 2.19. The first-order valence-electron chi connectivity index (χ1n) is 10.6. The summed E-state index contributed by atoms with van der Waals surface area (Å²) in [6, 6.07) is 14.2. The van der Waals surface area contributed by atoms with Crippen molar-refractivity contribution in [3.8, 4) is 11.5 Å². The number of methoxy groups -OCH3 is 2. The van der Waals surface area contributed by atoms with E-state index in [2.05, 4.69) is 33.8 Å². The average Bonchev–Trinajstić information content (AvgIpc) is 2.82. The molecule has 31 heavy (non-hydrogen) atoms. The molecule has 2 aromatic rings. The number of guanidine groups is 1. The Bertz CT molecular complexity index is 913. The molecule has 0 aromatic heterocycles. The first-order valence-corrected chi connectivity index (χ1v) is 10.6. The third kappa shape index (κ3) is 6.13. The van der Waals surface area contributed by atoms with Crippen LogP contribution in [-0.4, -0.2) is 51.1 Å². The number of aliphatic imine (C=N–C) groups is 1. The van der Waals surface area contributed by atoms with Gasteiger partial charge in [0.15, 0.2) is 17.5 Å². The number of benzene rings is 2. The summed E-state index contributed by atoms with van der Waals surface area (Å²) in [7, 11) is 4.98. The average molecular weight is 425 g/mol. The van der Waals surface area contributed by atoms with Gasteiger partial charge in [0.2, 0.25) is 5.91 Å². The molecule has 166 valence electrons. The van der Waals surface area contributed by atoms with Gasteiger partial charge >= 0.3 is 0 Å². The van der Waals surface area contributed by atoms with E-state index in [0.717, 1.165) is 31.5 Å². The highest BCUT2D eigenvalue weighted by Crippen LogP contribution is 2.27. The van der Waals surface area contributed by atoms with Crippen molar-refractivity contribution in [2.75, 3.05) is 34.4 Å². The van der Waals surface area contributed by atoms with Crippen LogP contribution in [0.3, 0.4) is 0 Å². The van der Waals surface area contributed by atoms with Crippen molar-refractivity contribution >= 4 is 11.9 Å². The minimum absolute atomic E-state index is 0.213. The van der Waals surface area contributed by atoms with Crippen LogP contribution in [0.5, 0.6) is 11.5 Å². The van der Waals surface area contributed by atoms with Crippen molar-refractivity contribution in [2.24, 2.45) is 4.99 Å². The molecule has 7 nitrogen and oxygen atoms in total. The van der Waals surface area contributed by atoms with Crippen molar-refractivity contribution in [3.63, 3.8) is 0 Å². The maximum atomic E-state index is 12.6. The zero-order valence-electron chi connectivity index (χ0n) is 18.6. The highest BCUT2D eigenvalue weighted by atomic mass is 16.5. The number of hydrogen-bond donors (Lipinski definition) is 2. The van der Waals surface area contributed by atoms with Gasteiger partial charge in [-0.2, -0.15) is 0 Å². The second-order valence-electron chi connectivity index (χ2n) is 7.48. The van der Waals surface area contributed by atoms with Crippen LogP contribution >= 0.6 is 0 Å². The van der Waals surface area contributed by atoms with Gasteiger partial charge in [-0.05, 0) is 41.7 Å². The molecule has 0 unspecified atom stereocenters. The molecular formula is C24H32N4O3.